The highest BCUT2D eigenvalue weighted by Crippen LogP contribution is 2.15. The summed E-state index contributed by atoms with van der Waals surface area (Å²) in [6, 6.07) is 8.10. The van der Waals surface area contributed by atoms with E-state index < -0.39 is 0 Å². The molecule has 3 aromatic rings. The number of carbonyl (C=O) groups is 2. The quantitative estimate of drug-likeness (QED) is 0.564. The van der Waals surface area contributed by atoms with Crippen LogP contribution >= 0.6 is 15.9 Å². The van der Waals surface area contributed by atoms with Gasteiger partial charge >= 0.3 is 0 Å². The van der Waals surface area contributed by atoms with Crippen molar-refractivity contribution in [3.63, 3.8) is 0 Å². The van der Waals surface area contributed by atoms with Gasteiger partial charge in [0.25, 0.3) is 5.91 Å². The number of aromatic nitrogens is 3. The average molecular weight is 430 g/mol. The molecular formula is C19H20BrN5O2. The van der Waals surface area contributed by atoms with Gasteiger partial charge in [-0.15, -0.1) is 0 Å². The minimum Gasteiger partial charge on any atom is -0.354 e. The number of amides is 2. The number of halogens is 1. The summed E-state index contributed by atoms with van der Waals surface area (Å²) in [5.41, 5.74) is 3.08. The smallest absolute Gasteiger partial charge is 0.256 e. The van der Waals surface area contributed by atoms with Gasteiger partial charge in [-0.1, -0.05) is 35.0 Å². The van der Waals surface area contributed by atoms with Gasteiger partial charge in [-0.3, -0.25) is 9.59 Å². The Bertz CT molecular complexity index is 952. The molecule has 0 spiro atoms. The van der Waals surface area contributed by atoms with Crippen LogP contribution in [0.5, 0.6) is 0 Å². The molecule has 0 saturated heterocycles. The summed E-state index contributed by atoms with van der Waals surface area (Å²) in [5, 5.41) is 9.72. The molecule has 0 fully saturated rings. The zero-order chi connectivity index (χ0) is 19.2. The van der Waals surface area contributed by atoms with Crippen molar-refractivity contribution in [2.24, 2.45) is 0 Å². The number of benzene rings is 1. The van der Waals surface area contributed by atoms with Gasteiger partial charge in [0.2, 0.25) is 5.91 Å². The fourth-order valence-corrected chi connectivity index (χ4v) is 2.87. The highest BCUT2D eigenvalue weighted by atomic mass is 79.9. The first-order valence-corrected chi connectivity index (χ1v) is 9.47. The Morgan fingerprint density at radius 2 is 1.81 bits per heavy atom. The van der Waals surface area contributed by atoms with Crippen LogP contribution in [0.25, 0.3) is 5.65 Å². The summed E-state index contributed by atoms with van der Waals surface area (Å²) < 4.78 is 2.65. The Kier molecular flexibility index (Phi) is 6.18. The van der Waals surface area contributed by atoms with E-state index in [2.05, 4.69) is 36.6 Å². The van der Waals surface area contributed by atoms with Crippen LogP contribution in [0.2, 0.25) is 0 Å². The van der Waals surface area contributed by atoms with Gasteiger partial charge < -0.3 is 10.6 Å². The normalized spacial score (nSPS) is 10.7. The van der Waals surface area contributed by atoms with Crippen LogP contribution < -0.4 is 10.6 Å². The van der Waals surface area contributed by atoms with Crippen LogP contribution in [-0.4, -0.2) is 39.5 Å². The average Bonchev–Trinajstić information content (AvgIpc) is 3.10. The standard InChI is InChI=1S/C19H20BrN5O2/c1-2-17(26)21-7-8-22-19(27)16-11-24-25-12-14(10-23-18(16)25)9-13-3-5-15(20)6-4-13/h3-6,10-12H,2,7-9H2,1H3,(H,21,26)(H,22,27). The second-order valence-electron chi connectivity index (χ2n) is 6.05. The summed E-state index contributed by atoms with van der Waals surface area (Å²) in [6.45, 7) is 2.52. The lowest BCUT2D eigenvalue weighted by atomic mass is 10.1. The molecular weight excluding hydrogens is 410 g/mol. The lowest BCUT2D eigenvalue weighted by molar-refractivity contribution is -0.120. The highest BCUT2D eigenvalue weighted by molar-refractivity contribution is 9.10. The second kappa shape index (κ2) is 8.77. The van der Waals surface area contributed by atoms with Gasteiger partial charge in [0, 0.05) is 42.8 Å². The number of fused-ring (bicyclic) bond motifs is 1. The Morgan fingerprint density at radius 1 is 1.07 bits per heavy atom. The molecule has 0 radical (unpaired) electrons. The fourth-order valence-electron chi connectivity index (χ4n) is 2.60. The molecule has 2 N–H and O–H groups in total. The molecule has 2 heterocycles. The monoisotopic (exact) mass is 429 g/mol. The molecule has 0 aliphatic rings. The third-order valence-electron chi connectivity index (χ3n) is 4.03. The largest absolute Gasteiger partial charge is 0.354 e. The number of carbonyl (C=O) groups excluding carboxylic acids is 2. The van der Waals surface area contributed by atoms with Crippen LogP contribution in [0.3, 0.4) is 0 Å². The van der Waals surface area contributed by atoms with Crippen LogP contribution in [0.1, 0.15) is 34.8 Å². The van der Waals surface area contributed by atoms with Crippen LogP contribution in [0.15, 0.2) is 47.3 Å². The molecule has 140 valence electrons. The van der Waals surface area contributed by atoms with E-state index in [4.69, 9.17) is 0 Å². The van der Waals surface area contributed by atoms with Gasteiger partial charge in [-0.2, -0.15) is 5.10 Å². The lowest BCUT2D eigenvalue weighted by Crippen LogP contribution is -2.34. The first-order chi connectivity index (χ1) is 13.1. The number of hydrogen-bond acceptors (Lipinski definition) is 4. The number of nitrogens with zero attached hydrogens (tertiary/aromatic N) is 3. The van der Waals surface area contributed by atoms with E-state index in [1.165, 1.54) is 11.8 Å². The van der Waals surface area contributed by atoms with Crippen molar-refractivity contribution in [1.29, 1.82) is 0 Å². The van der Waals surface area contributed by atoms with Crippen molar-refractivity contribution < 1.29 is 9.59 Å². The van der Waals surface area contributed by atoms with Crippen LogP contribution in [0.4, 0.5) is 0 Å². The van der Waals surface area contributed by atoms with Crippen LogP contribution in [0, 0.1) is 0 Å². The van der Waals surface area contributed by atoms with Gasteiger partial charge in [0.1, 0.15) is 5.56 Å². The number of rotatable bonds is 7. The molecule has 8 heteroatoms. The maximum Gasteiger partial charge on any atom is 0.256 e. The van der Waals surface area contributed by atoms with E-state index in [9.17, 15) is 9.59 Å². The van der Waals surface area contributed by atoms with E-state index in [1.54, 1.807) is 17.6 Å². The van der Waals surface area contributed by atoms with Gasteiger partial charge in [-0.05, 0) is 23.3 Å². The highest BCUT2D eigenvalue weighted by Gasteiger charge is 2.14. The summed E-state index contributed by atoms with van der Waals surface area (Å²) in [4.78, 5) is 27.9. The fraction of sp³-hybridized carbons (Fsp3) is 0.263. The maximum atomic E-state index is 12.3. The first-order valence-electron chi connectivity index (χ1n) is 8.68. The summed E-state index contributed by atoms with van der Waals surface area (Å²) in [7, 11) is 0. The SMILES string of the molecule is CCC(=O)NCCNC(=O)c1cnn2cc(Cc3ccc(Br)cc3)cnc12. The molecule has 0 saturated carbocycles. The van der Waals surface area contributed by atoms with E-state index >= 15 is 0 Å². The molecule has 7 nitrogen and oxygen atoms in total. The van der Waals surface area contributed by atoms with Crippen molar-refractivity contribution >= 4 is 33.4 Å². The third kappa shape index (κ3) is 4.91. The molecule has 0 atom stereocenters. The lowest BCUT2D eigenvalue weighted by Gasteiger charge is -2.06. The zero-order valence-corrected chi connectivity index (χ0v) is 16.5. The van der Waals surface area contributed by atoms with Gasteiger partial charge in [0.05, 0.1) is 6.20 Å². The minimum absolute atomic E-state index is 0.0415. The minimum atomic E-state index is -0.260. The molecule has 1 aromatic carbocycles. The van der Waals surface area contributed by atoms with Crippen molar-refractivity contribution in [2.75, 3.05) is 13.1 Å². The van der Waals surface area contributed by atoms with Crippen LogP contribution in [-0.2, 0) is 11.2 Å². The molecule has 0 aliphatic carbocycles. The van der Waals surface area contributed by atoms with Crippen molar-refractivity contribution in [3.05, 3.63) is 64.0 Å². The molecule has 27 heavy (non-hydrogen) atoms. The number of hydrogen-bond donors (Lipinski definition) is 2. The van der Waals surface area contributed by atoms with E-state index in [0.717, 1.165) is 16.5 Å². The molecule has 3 rings (SSSR count). The molecule has 2 aromatic heterocycles. The molecule has 2 amide bonds. The molecule has 0 aliphatic heterocycles. The predicted octanol–water partition coefficient (Wildman–Crippen LogP) is 2.34. The summed E-state index contributed by atoms with van der Waals surface area (Å²) >= 11 is 3.43. The Labute approximate surface area is 165 Å². The predicted molar refractivity (Wildman–Crippen MR) is 106 cm³/mol. The van der Waals surface area contributed by atoms with Crippen molar-refractivity contribution in [2.45, 2.75) is 19.8 Å². The number of nitrogens with one attached hydrogen (secondary N) is 2. The topological polar surface area (TPSA) is 88.4 Å². The second-order valence-corrected chi connectivity index (χ2v) is 6.97. The Balaban J connectivity index is 1.65. The van der Waals surface area contributed by atoms with E-state index in [0.29, 0.717) is 30.7 Å². The summed E-state index contributed by atoms with van der Waals surface area (Å²) in [6.07, 6.45) is 6.30. The van der Waals surface area contributed by atoms with Crippen molar-refractivity contribution in [1.82, 2.24) is 25.2 Å². The molecule has 0 unspecified atom stereocenters. The third-order valence-corrected chi connectivity index (χ3v) is 4.56. The van der Waals surface area contributed by atoms with Crippen molar-refractivity contribution in [3.8, 4) is 0 Å². The zero-order valence-electron chi connectivity index (χ0n) is 14.9. The Hall–Kier alpha value is -2.74. The maximum absolute atomic E-state index is 12.3. The molecule has 0 bridgehead atoms. The summed E-state index contributed by atoms with van der Waals surface area (Å²) in [5.74, 6) is -0.302. The van der Waals surface area contributed by atoms with Gasteiger partial charge in [0.15, 0.2) is 5.65 Å². The van der Waals surface area contributed by atoms with E-state index in [1.807, 2.05) is 30.5 Å². The van der Waals surface area contributed by atoms with E-state index in [-0.39, 0.29) is 11.8 Å². The first kappa shape index (κ1) is 19.0. The Morgan fingerprint density at radius 3 is 2.56 bits per heavy atom. The van der Waals surface area contributed by atoms with Gasteiger partial charge in [-0.25, -0.2) is 9.50 Å².